The van der Waals surface area contributed by atoms with Gasteiger partial charge >= 0.3 is 0 Å². The molecule has 13 heavy (non-hydrogen) atoms. The minimum Gasteiger partial charge on any atom is -0.378 e. The first-order valence-electron chi connectivity index (χ1n) is 3.71. The molecular formula is C9H8ClNO2. The van der Waals surface area contributed by atoms with Crippen molar-refractivity contribution in [3.63, 3.8) is 0 Å². The van der Waals surface area contributed by atoms with E-state index in [1.54, 1.807) is 24.3 Å². The summed E-state index contributed by atoms with van der Waals surface area (Å²) in [5.74, 6) is 0. The number of nitrogens with one attached hydrogen (secondary N) is 1. The van der Waals surface area contributed by atoms with Crippen molar-refractivity contribution in [1.29, 1.82) is 0 Å². The predicted octanol–water partition coefficient (Wildman–Crippen LogP) is 1.68. The number of carbonyl (C=O) groups excluding carboxylic acids is 2. The first kappa shape index (κ1) is 9.74. The predicted molar refractivity (Wildman–Crippen MR) is 51.2 cm³/mol. The zero-order valence-corrected chi connectivity index (χ0v) is 7.54. The fourth-order valence-corrected chi connectivity index (χ4v) is 1.00. The van der Waals surface area contributed by atoms with Gasteiger partial charge in [0.15, 0.2) is 0 Å². The first-order valence-corrected chi connectivity index (χ1v) is 4.09. The topological polar surface area (TPSA) is 46.2 Å². The summed E-state index contributed by atoms with van der Waals surface area (Å²) in [6, 6.07) is 6.59. The largest absolute Gasteiger partial charge is 0.378 e. The molecule has 0 aliphatic carbocycles. The second-order valence-corrected chi connectivity index (χ2v) is 2.74. The SMILES string of the molecule is O=CCNc1ccc(C(=O)Cl)cc1. The van der Waals surface area contributed by atoms with Crippen LogP contribution in [0.25, 0.3) is 0 Å². The third-order valence-electron chi connectivity index (χ3n) is 1.50. The third kappa shape index (κ3) is 2.87. The summed E-state index contributed by atoms with van der Waals surface area (Å²) in [6.45, 7) is 0.258. The van der Waals surface area contributed by atoms with Gasteiger partial charge in [0.05, 0.1) is 6.54 Å². The molecule has 0 aliphatic heterocycles. The van der Waals surface area contributed by atoms with Gasteiger partial charge in [0.2, 0.25) is 0 Å². The lowest BCUT2D eigenvalue weighted by Crippen LogP contribution is -2.01. The average Bonchev–Trinajstić information content (AvgIpc) is 2.15. The van der Waals surface area contributed by atoms with Crippen molar-refractivity contribution in [2.45, 2.75) is 0 Å². The smallest absolute Gasteiger partial charge is 0.252 e. The van der Waals surface area contributed by atoms with Gasteiger partial charge in [0, 0.05) is 11.3 Å². The van der Waals surface area contributed by atoms with Crippen molar-refractivity contribution in [3.8, 4) is 0 Å². The van der Waals surface area contributed by atoms with Crippen LogP contribution in [0.5, 0.6) is 0 Å². The summed E-state index contributed by atoms with van der Waals surface area (Å²) < 4.78 is 0. The van der Waals surface area contributed by atoms with E-state index in [0.717, 1.165) is 12.0 Å². The molecule has 1 rings (SSSR count). The number of anilines is 1. The molecule has 0 spiro atoms. The molecule has 68 valence electrons. The molecule has 0 radical (unpaired) electrons. The van der Waals surface area contributed by atoms with Gasteiger partial charge < -0.3 is 10.1 Å². The van der Waals surface area contributed by atoms with Gasteiger partial charge in [-0.25, -0.2) is 0 Å². The number of hydrogen-bond donors (Lipinski definition) is 1. The molecule has 4 heteroatoms. The molecule has 0 unspecified atom stereocenters. The maximum atomic E-state index is 10.7. The fraction of sp³-hybridized carbons (Fsp3) is 0.111. The Hall–Kier alpha value is -1.35. The zero-order valence-electron chi connectivity index (χ0n) is 6.79. The van der Waals surface area contributed by atoms with E-state index in [1.807, 2.05) is 0 Å². The Kier molecular flexibility index (Phi) is 3.46. The van der Waals surface area contributed by atoms with Crippen LogP contribution >= 0.6 is 11.6 Å². The van der Waals surface area contributed by atoms with Gasteiger partial charge in [0.1, 0.15) is 6.29 Å². The minimum atomic E-state index is -0.484. The lowest BCUT2D eigenvalue weighted by atomic mass is 10.2. The van der Waals surface area contributed by atoms with Gasteiger partial charge in [-0.2, -0.15) is 0 Å². The van der Waals surface area contributed by atoms with E-state index in [1.165, 1.54) is 0 Å². The van der Waals surface area contributed by atoms with E-state index in [4.69, 9.17) is 11.6 Å². The van der Waals surface area contributed by atoms with Crippen LogP contribution in [-0.2, 0) is 4.79 Å². The second-order valence-electron chi connectivity index (χ2n) is 2.40. The van der Waals surface area contributed by atoms with Crippen molar-refractivity contribution in [1.82, 2.24) is 0 Å². The summed E-state index contributed by atoms with van der Waals surface area (Å²) in [7, 11) is 0. The van der Waals surface area contributed by atoms with Crippen molar-refractivity contribution >= 4 is 28.8 Å². The molecule has 1 aromatic carbocycles. The van der Waals surface area contributed by atoms with E-state index in [0.29, 0.717) is 5.56 Å². The third-order valence-corrected chi connectivity index (χ3v) is 1.72. The Labute approximate surface area is 80.7 Å². The van der Waals surface area contributed by atoms with Crippen LogP contribution < -0.4 is 5.32 Å². The second kappa shape index (κ2) is 4.62. The van der Waals surface area contributed by atoms with Crippen LogP contribution in [0.2, 0.25) is 0 Å². The summed E-state index contributed by atoms with van der Waals surface area (Å²) in [4.78, 5) is 20.7. The van der Waals surface area contributed by atoms with Crippen molar-refractivity contribution in [2.75, 3.05) is 11.9 Å². The fourth-order valence-electron chi connectivity index (χ4n) is 0.879. The molecule has 0 fully saturated rings. The number of carbonyl (C=O) groups is 2. The van der Waals surface area contributed by atoms with Gasteiger partial charge in [-0.3, -0.25) is 4.79 Å². The molecule has 0 saturated carbocycles. The Balaban J connectivity index is 2.69. The minimum absolute atomic E-state index is 0.258. The normalized spacial score (nSPS) is 9.31. The van der Waals surface area contributed by atoms with Crippen molar-refractivity contribution < 1.29 is 9.59 Å². The van der Waals surface area contributed by atoms with Gasteiger partial charge in [0.25, 0.3) is 5.24 Å². The molecule has 0 aromatic heterocycles. The van der Waals surface area contributed by atoms with Crippen LogP contribution in [0, 0.1) is 0 Å². The van der Waals surface area contributed by atoms with E-state index in [9.17, 15) is 9.59 Å². The Morgan fingerprint density at radius 1 is 1.38 bits per heavy atom. The zero-order chi connectivity index (χ0) is 9.68. The van der Waals surface area contributed by atoms with Gasteiger partial charge in [-0.1, -0.05) is 0 Å². The maximum Gasteiger partial charge on any atom is 0.252 e. The monoisotopic (exact) mass is 197 g/mol. The molecule has 0 amide bonds. The number of rotatable bonds is 4. The molecule has 0 heterocycles. The van der Waals surface area contributed by atoms with Crippen LogP contribution in [0.1, 0.15) is 10.4 Å². The lowest BCUT2D eigenvalue weighted by Gasteiger charge is -2.01. The Morgan fingerprint density at radius 2 is 2.00 bits per heavy atom. The Bertz CT molecular complexity index is 308. The summed E-state index contributed by atoms with van der Waals surface area (Å²) in [6.07, 6.45) is 0.764. The average molecular weight is 198 g/mol. The number of benzene rings is 1. The highest BCUT2D eigenvalue weighted by Gasteiger charge is 1.99. The van der Waals surface area contributed by atoms with Gasteiger partial charge in [-0.15, -0.1) is 0 Å². The van der Waals surface area contributed by atoms with E-state index >= 15 is 0 Å². The molecule has 1 N–H and O–H groups in total. The summed E-state index contributed by atoms with van der Waals surface area (Å²) in [5, 5.41) is 2.35. The maximum absolute atomic E-state index is 10.7. The van der Waals surface area contributed by atoms with Crippen molar-refractivity contribution in [2.24, 2.45) is 0 Å². The van der Waals surface area contributed by atoms with Crippen molar-refractivity contribution in [3.05, 3.63) is 29.8 Å². The molecule has 0 saturated heterocycles. The quantitative estimate of drug-likeness (QED) is 0.590. The summed E-state index contributed by atoms with van der Waals surface area (Å²) in [5.41, 5.74) is 1.23. The molecule has 3 nitrogen and oxygen atoms in total. The van der Waals surface area contributed by atoms with E-state index in [2.05, 4.69) is 5.32 Å². The highest BCUT2D eigenvalue weighted by atomic mass is 35.5. The van der Waals surface area contributed by atoms with E-state index in [-0.39, 0.29) is 6.54 Å². The highest BCUT2D eigenvalue weighted by Crippen LogP contribution is 2.10. The molecule has 0 bridgehead atoms. The lowest BCUT2D eigenvalue weighted by molar-refractivity contribution is -0.106. The molecule has 1 aromatic rings. The van der Waals surface area contributed by atoms with Crippen LogP contribution in [-0.4, -0.2) is 18.1 Å². The van der Waals surface area contributed by atoms with Crippen LogP contribution in [0.15, 0.2) is 24.3 Å². The highest BCUT2D eigenvalue weighted by molar-refractivity contribution is 6.67. The summed E-state index contributed by atoms with van der Waals surface area (Å²) >= 11 is 5.24. The first-order chi connectivity index (χ1) is 6.24. The molecule has 0 aliphatic rings. The number of halogens is 1. The van der Waals surface area contributed by atoms with Crippen LogP contribution in [0.3, 0.4) is 0 Å². The van der Waals surface area contributed by atoms with E-state index < -0.39 is 5.24 Å². The number of hydrogen-bond acceptors (Lipinski definition) is 3. The molecular weight excluding hydrogens is 190 g/mol. The Morgan fingerprint density at radius 3 is 2.46 bits per heavy atom. The molecule has 0 atom stereocenters. The van der Waals surface area contributed by atoms with Crippen LogP contribution in [0.4, 0.5) is 5.69 Å². The number of aldehydes is 1. The van der Waals surface area contributed by atoms with Gasteiger partial charge in [-0.05, 0) is 35.9 Å². The standard InChI is InChI=1S/C9H8ClNO2/c10-9(13)7-1-3-8(4-2-7)11-5-6-12/h1-4,6,11H,5H2.